The molecule has 11 heteroatoms. The van der Waals surface area contributed by atoms with Gasteiger partial charge >= 0.3 is 0 Å². The number of rotatable bonds is 8. The van der Waals surface area contributed by atoms with Crippen LogP contribution in [0.5, 0.6) is 0 Å². The van der Waals surface area contributed by atoms with Gasteiger partial charge in [-0.15, -0.1) is 0 Å². The zero-order valence-electron chi connectivity index (χ0n) is 20.9. The highest BCUT2D eigenvalue weighted by Crippen LogP contribution is 2.35. The van der Waals surface area contributed by atoms with Crippen molar-refractivity contribution in [3.05, 3.63) is 71.3 Å². The zero-order valence-corrected chi connectivity index (χ0v) is 23.4. The number of piperidine rings is 1. The van der Waals surface area contributed by atoms with E-state index < -0.39 is 10.0 Å². The monoisotopic (exact) mass is 568 g/mol. The average Bonchev–Trinajstić information content (AvgIpc) is 3.48. The number of carbonyl (C=O) groups is 1. The van der Waals surface area contributed by atoms with Crippen LogP contribution in [0.2, 0.25) is 0 Å². The zero-order chi connectivity index (χ0) is 26.7. The molecule has 38 heavy (non-hydrogen) atoms. The van der Waals surface area contributed by atoms with Crippen LogP contribution in [-0.4, -0.2) is 71.0 Å². The van der Waals surface area contributed by atoms with Crippen molar-refractivity contribution in [2.75, 3.05) is 33.4 Å². The predicted molar refractivity (Wildman–Crippen MR) is 153 cm³/mol. The molecule has 0 aliphatic carbocycles. The van der Waals surface area contributed by atoms with Crippen LogP contribution in [0.1, 0.15) is 24.8 Å². The van der Waals surface area contributed by atoms with Crippen LogP contribution >= 0.6 is 24.0 Å². The second kappa shape index (κ2) is 11.5. The van der Waals surface area contributed by atoms with Crippen molar-refractivity contribution in [3.8, 4) is 16.9 Å². The van der Waals surface area contributed by atoms with Crippen LogP contribution in [0.3, 0.4) is 0 Å². The lowest BCUT2D eigenvalue weighted by Gasteiger charge is -2.26. The van der Waals surface area contributed by atoms with E-state index in [1.165, 1.54) is 16.7 Å². The first-order valence-electron chi connectivity index (χ1n) is 12.4. The highest BCUT2D eigenvalue weighted by molar-refractivity contribution is 8.26. The van der Waals surface area contributed by atoms with Gasteiger partial charge in [0.15, 0.2) is 0 Å². The second-order valence-electron chi connectivity index (χ2n) is 9.03. The Bertz CT molecular complexity index is 1480. The minimum Gasteiger partial charge on any atom is -0.383 e. The summed E-state index contributed by atoms with van der Waals surface area (Å²) in [6.07, 6.45) is 6.40. The molecule has 2 fully saturated rings. The molecular formula is C27H28N4O4S3. The van der Waals surface area contributed by atoms with Gasteiger partial charge in [0, 0.05) is 37.5 Å². The molecule has 0 saturated carbocycles. The normalized spacial score (nSPS) is 18.0. The van der Waals surface area contributed by atoms with Crippen LogP contribution in [-0.2, 0) is 19.6 Å². The summed E-state index contributed by atoms with van der Waals surface area (Å²) in [5.41, 5.74) is 2.76. The molecule has 1 amide bonds. The first-order chi connectivity index (χ1) is 18.4. The van der Waals surface area contributed by atoms with E-state index in [2.05, 4.69) is 0 Å². The largest absolute Gasteiger partial charge is 0.383 e. The Labute approximate surface area is 232 Å². The van der Waals surface area contributed by atoms with E-state index in [4.69, 9.17) is 22.1 Å². The lowest BCUT2D eigenvalue weighted by molar-refractivity contribution is -0.122. The maximum Gasteiger partial charge on any atom is 0.266 e. The molecule has 0 atom stereocenters. The van der Waals surface area contributed by atoms with Crippen molar-refractivity contribution >= 4 is 50.3 Å². The number of ether oxygens (including phenoxy) is 1. The molecule has 2 saturated heterocycles. The Morgan fingerprint density at radius 3 is 2.58 bits per heavy atom. The van der Waals surface area contributed by atoms with Crippen LogP contribution in [0.4, 0.5) is 0 Å². The van der Waals surface area contributed by atoms with Crippen LogP contribution in [0, 0.1) is 0 Å². The van der Waals surface area contributed by atoms with E-state index in [9.17, 15) is 13.2 Å². The molecule has 2 aromatic carbocycles. The third-order valence-electron chi connectivity index (χ3n) is 6.50. The lowest BCUT2D eigenvalue weighted by Crippen LogP contribution is -2.35. The van der Waals surface area contributed by atoms with Crippen molar-refractivity contribution in [1.82, 2.24) is 19.0 Å². The summed E-state index contributed by atoms with van der Waals surface area (Å²) in [4.78, 5) is 15.3. The number of thioether (sulfide) groups is 1. The Balaban J connectivity index is 1.56. The Morgan fingerprint density at radius 2 is 1.84 bits per heavy atom. The predicted octanol–water partition coefficient (Wildman–Crippen LogP) is 4.56. The van der Waals surface area contributed by atoms with E-state index in [0.717, 1.165) is 24.9 Å². The standard InChI is InChI=1S/C27H28N4O4S3/c1-35-16-15-30-26(32)24(37-27(30)36)18-21-19-31(22-10-4-2-5-11-22)28-25(21)20-9-8-12-23(17-20)38(33,34)29-13-6-3-7-14-29/h2,4-5,8-12,17-19H,3,6-7,13-16H2,1H3/b24-18-. The highest BCUT2D eigenvalue weighted by atomic mass is 32.2. The molecule has 0 unspecified atom stereocenters. The number of aromatic nitrogens is 2. The maximum atomic E-state index is 13.4. The number of methoxy groups -OCH3 is 1. The van der Waals surface area contributed by atoms with Crippen LogP contribution < -0.4 is 0 Å². The van der Waals surface area contributed by atoms with Gasteiger partial charge < -0.3 is 4.74 Å². The molecule has 2 aliphatic rings. The summed E-state index contributed by atoms with van der Waals surface area (Å²) < 4.78 is 35.6. The summed E-state index contributed by atoms with van der Waals surface area (Å²) in [5.74, 6) is -0.183. The fourth-order valence-electron chi connectivity index (χ4n) is 4.51. The van der Waals surface area contributed by atoms with E-state index in [1.54, 1.807) is 40.4 Å². The van der Waals surface area contributed by atoms with Gasteiger partial charge in [0.05, 0.1) is 28.6 Å². The number of sulfonamides is 1. The van der Waals surface area contributed by atoms with Crippen LogP contribution in [0.15, 0.2) is 70.6 Å². The van der Waals surface area contributed by atoms with Crippen molar-refractivity contribution in [1.29, 1.82) is 0 Å². The first kappa shape index (κ1) is 26.8. The van der Waals surface area contributed by atoms with Crippen LogP contribution in [0.25, 0.3) is 23.0 Å². The maximum absolute atomic E-state index is 13.4. The van der Waals surface area contributed by atoms with Crippen molar-refractivity contribution < 1.29 is 17.9 Å². The molecule has 3 aromatic rings. The fraction of sp³-hybridized carbons (Fsp3) is 0.296. The van der Waals surface area contributed by atoms with Gasteiger partial charge in [-0.05, 0) is 43.2 Å². The molecule has 0 spiro atoms. The summed E-state index contributed by atoms with van der Waals surface area (Å²) in [7, 11) is -2.04. The van der Waals surface area contributed by atoms with Gasteiger partial charge in [-0.1, -0.05) is 60.7 Å². The number of hydrogen-bond acceptors (Lipinski definition) is 7. The molecule has 0 bridgehead atoms. The Hall–Kier alpha value is -2.83. The first-order valence-corrected chi connectivity index (χ1v) is 15.0. The average molecular weight is 569 g/mol. The molecule has 5 rings (SSSR count). The summed E-state index contributed by atoms with van der Waals surface area (Å²) in [6.45, 7) is 1.83. The number of thiocarbonyl (C=S) groups is 1. The molecule has 1 aromatic heterocycles. The molecule has 2 aliphatic heterocycles. The second-order valence-corrected chi connectivity index (χ2v) is 12.6. The van der Waals surface area contributed by atoms with E-state index >= 15 is 0 Å². The summed E-state index contributed by atoms with van der Waals surface area (Å²) in [6, 6.07) is 16.5. The molecular weight excluding hydrogens is 541 g/mol. The van der Waals surface area contributed by atoms with Crippen molar-refractivity contribution in [3.63, 3.8) is 0 Å². The topological polar surface area (TPSA) is 84.7 Å². The molecule has 0 radical (unpaired) electrons. The van der Waals surface area contributed by atoms with E-state index in [0.29, 0.717) is 52.3 Å². The fourth-order valence-corrected chi connectivity index (χ4v) is 7.37. The van der Waals surface area contributed by atoms with Gasteiger partial charge in [0.25, 0.3) is 5.91 Å². The lowest BCUT2D eigenvalue weighted by atomic mass is 10.1. The van der Waals surface area contributed by atoms with Gasteiger partial charge in [-0.2, -0.15) is 9.40 Å². The number of hydrogen-bond donors (Lipinski definition) is 0. The third kappa shape index (κ3) is 5.48. The SMILES string of the molecule is COCCN1C(=O)/C(=C/c2cn(-c3ccccc3)nc2-c2cccc(S(=O)(=O)N3CCCCC3)c2)SC1=S. The quantitative estimate of drug-likeness (QED) is 0.291. The van der Waals surface area contributed by atoms with Gasteiger partial charge in [0.2, 0.25) is 10.0 Å². The van der Waals surface area contributed by atoms with Crippen molar-refractivity contribution in [2.45, 2.75) is 24.2 Å². The number of benzene rings is 2. The number of nitrogens with zero attached hydrogens (tertiary/aromatic N) is 4. The Kier molecular flexibility index (Phi) is 8.10. The van der Waals surface area contributed by atoms with Gasteiger partial charge in [0.1, 0.15) is 10.0 Å². The minimum atomic E-state index is -3.62. The summed E-state index contributed by atoms with van der Waals surface area (Å²) in [5, 5.41) is 4.82. The Morgan fingerprint density at radius 1 is 1.08 bits per heavy atom. The molecule has 198 valence electrons. The minimum absolute atomic E-state index is 0.183. The smallest absolute Gasteiger partial charge is 0.266 e. The van der Waals surface area contributed by atoms with Gasteiger partial charge in [-0.3, -0.25) is 9.69 Å². The van der Waals surface area contributed by atoms with Crippen molar-refractivity contribution in [2.24, 2.45) is 0 Å². The highest BCUT2D eigenvalue weighted by Gasteiger charge is 2.32. The number of para-hydroxylation sites is 1. The third-order valence-corrected chi connectivity index (χ3v) is 9.78. The van der Waals surface area contributed by atoms with E-state index in [-0.39, 0.29) is 10.8 Å². The van der Waals surface area contributed by atoms with E-state index in [1.807, 2.05) is 42.6 Å². The number of carbonyl (C=O) groups excluding carboxylic acids is 1. The number of amides is 1. The molecule has 3 heterocycles. The molecule has 8 nitrogen and oxygen atoms in total. The summed E-state index contributed by atoms with van der Waals surface area (Å²) >= 11 is 6.67. The van der Waals surface area contributed by atoms with Gasteiger partial charge in [-0.25, -0.2) is 13.1 Å². The molecule has 0 N–H and O–H groups in total.